The minimum atomic E-state index is -1.82. The summed E-state index contributed by atoms with van der Waals surface area (Å²) in [7, 11) is 0. The van der Waals surface area contributed by atoms with Crippen LogP contribution in [0.2, 0.25) is 0 Å². The Morgan fingerprint density at radius 1 is 1.14 bits per heavy atom. The van der Waals surface area contributed by atoms with E-state index in [1.807, 2.05) is 13.8 Å². The molecule has 8 nitrogen and oxygen atoms in total. The number of furan rings is 1. The number of hydrogen-bond acceptors (Lipinski definition) is 8. The number of fused-ring (bicyclic) bond motifs is 2. The number of ether oxygens (including phenoxy) is 3. The molecule has 8 heteroatoms. The molecule has 5 heterocycles. The van der Waals surface area contributed by atoms with Crippen LogP contribution in [0.1, 0.15) is 38.4 Å². The van der Waals surface area contributed by atoms with Crippen LogP contribution in [0.25, 0.3) is 0 Å². The lowest BCUT2D eigenvalue weighted by atomic mass is 9.40. The maximum atomic E-state index is 13.0. The first-order chi connectivity index (χ1) is 13.2. The predicted molar refractivity (Wildman–Crippen MR) is 89.5 cm³/mol. The van der Waals surface area contributed by atoms with E-state index >= 15 is 0 Å². The van der Waals surface area contributed by atoms with E-state index in [-0.39, 0.29) is 18.4 Å². The highest BCUT2D eigenvalue weighted by Crippen LogP contribution is 2.72. The zero-order chi connectivity index (χ0) is 19.6. The number of carbonyl (C=O) groups is 2. The summed E-state index contributed by atoms with van der Waals surface area (Å²) in [5.41, 5.74) is -2.79. The molecule has 4 aliphatic heterocycles. The van der Waals surface area contributed by atoms with E-state index in [1.165, 1.54) is 6.26 Å². The first-order valence-corrected chi connectivity index (χ1v) is 9.71. The number of hydrogen-bond donors (Lipinski definition) is 2. The van der Waals surface area contributed by atoms with E-state index in [4.69, 9.17) is 18.6 Å². The second kappa shape index (κ2) is 4.80. The Morgan fingerprint density at radius 3 is 2.64 bits per heavy atom. The molecular weight excluding hydrogens is 368 g/mol. The highest BCUT2D eigenvalue weighted by atomic mass is 16.7. The Hall–Kier alpha value is -1.90. The van der Waals surface area contributed by atoms with E-state index in [0.717, 1.165) is 5.56 Å². The largest absolute Gasteiger partial charge is 0.472 e. The Balaban J connectivity index is 1.50. The van der Waals surface area contributed by atoms with Gasteiger partial charge in [0.1, 0.15) is 24.4 Å². The number of carbonyl (C=O) groups excluding carboxylic acids is 2. The average molecular weight is 390 g/mol. The molecule has 0 unspecified atom stereocenters. The molecule has 6 aliphatic rings. The van der Waals surface area contributed by atoms with E-state index in [0.29, 0.717) is 6.42 Å². The van der Waals surface area contributed by atoms with Crippen molar-refractivity contribution in [2.75, 3.05) is 0 Å². The molecule has 6 fully saturated rings. The third-order valence-electron chi connectivity index (χ3n) is 8.19. The van der Waals surface area contributed by atoms with Gasteiger partial charge in [0.15, 0.2) is 5.60 Å². The van der Waals surface area contributed by atoms with E-state index in [1.54, 1.807) is 12.3 Å². The highest BCUT2D eigenvalue weighted by Gasteiger charge is 2.85. The Kier molecular flexibility index (Phi) is 2.92. The molecule has 2 N–H and O–H groups in total. The van der Waals surface area contributed by atoms with Crippen LogP contribution in [0.5, 0.6) is 0 Å². The molecule has 1 aromatic rings. The molecule has 0 spiro atoms. The molecule has 7 rings (SSSR count). The summed E-state index contributed by atoms with van der Waals surface area (Å²) in [6.07, 6.45) is 0.535. The summed E-state index contributed by atoms with van der Waals surface area (Å²) in [4.78, 5) is 25.6. The minimum Gasteiger partial charge on any atom is -0.472 e. The number of aliphatic hydroxyl groups is 2. The molecular formula is C20H22O8. The molecule has 0 radical (unpaired) electrons. The van der Waals surface area contributed by atoms with Crippen LogP contribution in [0.3, 0.4) is 0 Å². The van der Waals surface area contributed by atoms with Gasteiger partial charge in [0.2, 0.25) is 0 Å². The van der Waals surface area contributed by atoms with Gasteiger partial charge >= 0.3 is 11.9 Å². The molecule has 0 aromatic carbocycles. The van der Waals surface area contributed by atoms with Gasteiger partial charge in [-0.05, 0) is 24.3 Å². The van der Waals surface area contributed by atoms with E-state index < -0.39 is 58.7 Å². The van der Waals surface area contributed by atoms with Gasteiger partial charge in [-0.2, -0.15) is 0 Å². The van der Waals surface area contributed by atoms with Crippen molar-refractivity contribution >= 4 is 11.9 Å². The van der Waals surface area contributed by atoms with Gasteiger partial charge in [0.05, 0.1) is 24.5 Å². The molecule has 150 valence electrons. The first kappa shape index (κ1) is 17.0. The van der Waals surface area contributed by atoms with Gasteiger partial charge in [-0.1, -0.05) is 13.8 Å². The number of esters is 2. The zero-order valence-corrected chi connectivity index (χ0v) is 15.5. The number of aliphatic hydroxyl groups excluding tert-OH is 1. The molecule has 2 saturated carbocycles. The summed E-state index contributed by atoms with van der Waals surface area (Å²) in [6.45, 7) is 3.76. The van der Waals surface area contributed by atoms with Crippen molar-refractivity contribution in [3.8, 4) is 0 Å². The number of epoxide rings is 1. The third-order valence-corrected chi connectivity index (χ3v) is 8.19. The molecule has 4 saturated heterocycles. The van der Waals surface area contributed by atoms with Crippen LogP contribution in [0, 0.1) is 22.7 Å². The minimum absolute atomic E-state index is 0.109. The smallest absolute Gasteiger partial charge is 0.341 e. The summed E-state index contributed by atoms with van der Waals surface area (Å²) in [6, 6.07) is 1.75. The summed E-state index contributed by atoms with van der Waals surface area (Å²) < 4.78 is 22.1. The van der Waals surface area contributed by atoms with Crippen molar-refractivity contribution in [1.82, 2.24) is 0 Å². The summed E-state index contributed by atoms with van der Waals surface area (Å²) in [5, 5.41) is 22.4. The van der Waals surface area contributed by atoms with Gasteiger partial charge in [-0.25, -0.2) is 4.79 Å². The molecule has 0 amide bonds. The van der Waals surface area contributed by atoms with Crippen LogP contribution < -0.4 is 0 Å². The van der Waals surface area contributed by atoms with Crippen LogP contribution in [-0.4, -0.2) is 52.2 Å². The second-order valence-electron chi connectivity index (χ2n) is 9.49. The van der Waals surface area contributed by atoms with Gasteiger partial charge in [0, 0.05) is 16.9 Å². The predicted octanol–water partition coefficient (Wildman–Crippen LogP) is 0.715. The Morgan fingerprint density at radius 2 is 1.93 bits per heavy atom. The van der Waals surface area contributed by atoms with Gasteiger partial charge in [-0.3, -0.25) is 4.79 Å². The lowest BCUT2D eigenvalue weighted by molar-refractivity contribution is -0.296. The monoisotopic (exact) mass is 390 g/mol. The maximum Gasteiger partial charge on any atom is 0.341 e. The summed E-state index contributed by atoms with van der Waals surface area (Å²) >= 11 is 0. The fourth-order valence-electron chi connectivity index (χ4n) is 7.07. The van der Waals surface area contributed by atoms with Crippen LogP contribution in [0.4, 0.5) is 0 Å². The Bertz CT molecular complexity index is 881. The maximum absolute atomic E-state index is 13.0. The van der Waals surface area contributed by atoms with E-state index in [9.17, 15) is 19.8 Å². The van der Waals surface area contributed by atoms with Crippen molar-refractivity contribution in [3.05, 3.63) is 24.2 Å². The van der Waals surface area contributed by atoms with Crippen LogP contribution >= 0.6 is 0 Å². The topological polar surface area (TPSA) is 119 Å². The second-order valence-corrected chi connectivity index (χ2v) is 9.49. The van der Waals surface area contributed by atoms with E-state index in [2.05, 4.69) is 0 Å². The van der Waals surface area contributed by atoms with Gasteiger partial charge < -0.3 is 28.8 Å². The lowest BCUT2D eigenvalue weighted by Gasteiger charge is -2.67. The fraction of sp³-hybridized carbons (Fsp3) is 0.700. The van der Waals surface area contributed by atoms with Crippen LogP contribution in [-0.2, 0) is 23.8 Å². The zero-order valence-electron chi connectivity index (χ0n) is 15.5. The summed E-state index contributed by atoms with van der Waals surface area (Å²) in [5.74, 6) is -2.26. The standard InChI is InChI=1S/C20H22O8/c1-18-6-10(8-3-4-25-7-8)26-16(22)11(18)9(21)5-19(2)14(18)12-13-15(27-13)20(19,24)17(23)28-12/h3-4,7,9-15,21,24H,5-6H2,1-2H3/t9-,10+,11-,12+,13+,14-,15-,18+,19+,20-/m0/s1. The van der Waals surface area contributed by atoms with Crippen molar-refractivity contribution in [3.63, 3.8) is 0 Å². The quantitative estimate of drug-likeness (QED) is 0.532. The van der Waals surface area contributed by atoms with Crippen molar-refractivity contribution < 1.29 is 38.4 Å². The molecule has 28 heavy (non-hydrogen) atoms. The normalized spacial score (nSPS) is 56.2. The highest BCUT2D eigenvalue weighted by molar-refractivity contribution is 5.86. The molecule has 2 bridgehead atoms. The molecule has 2 aliphatic carbocycles. The molecule has 10 atom stereocenters. The van der Waals surface area contributed by atoms with Crippen molar-refractivity contribution in [1.29, 1.82) is 0 Å². The lowest BCUT2D eigenvalue weighted by Crippen LogP contribution is -2.78. The fourth-order valence-corrected chi connectivity index (χ4v) is 7.07. The third kappa shape index (κ3) is 1.66. The average Bonchev–Trinajstić information content (AvgIpc) is 3.24. The first-order valence-electron chi connectivity index (χ1n) is 9.71. The number of cyclic esters (lactones) is 1. The van der Waals surface area contributed by atoms with Crippen molar-refractivity contribution in [2.24, 2.45) is 22.7 Å². The van der Waals surface area contributed by atoms with Gasteiger partial charge in [-0.15, -0.1) is 0 Å². The van der Waals surface area contributed by atoms with Gasteiger partial charge in [0.25, 0.3) is 0 Å². The number of rotatable bonds is 1. The van der Waals surface area contributed by atoms with Crippen LogP contribution in [0.15, 0.2) is 23.0 Å². The SMILES string of the molecule is C[C@@]12C[C@H](c3ccoc3)OC(=O)[C@@H]1[C@@H](O)C[C@]1(C)[C@H]2[C@@H]2OC(=O)[C@@]1(O)[C@H]1O[C@H]21. The molecule has 1 aromatic heterocycles. The Labute approximate surface area is 160 Å². The van der Waals surface area contributed by atoms with Crippen molar-refractivity contribution in [2.45, 2.75) is 62.8 Å².